The molecule has 2 rings (SSSR count). The first-order chi connectivity index (χ1) is 10.1. The lowest BCUT2D eigenvalue weighted by Crippen LogP contribution is -2.41. The van der Waals surface area contributed by atoms with Gasteiger partial charge in [-0.15, -0.1) is 0 Å². The van der Waals surface area contributed by atoms with Gasteiger partial charge in [-0.2, -0.15) is 0 Å². The van der Waals surface area contributed by atoms with Crippen molar-refractivity contribution in [3.8, 4) is 5.75 Å². The van der Waals surface area contributed by atoms with Gasteiger partial charge in [-0.3, -0.25) is 10.1 Å². The SMILES string of the molecule is CNCC1CCN(C(=O)Oc2ccc([N+](=O)[O-])cc2)CC1. The van der Waals surface area contributed by atoms with Gasteiger partial charge in [-0.25, -0.2) is 4.79 Å². The average Bonchev–Trinajstić information content (AvgIpc) is 2.49. The summed E-state index contributed by atoms with van der Waals surface area (Å²) in [5, 5.41) is 13.7. The molecule has 1 aromatic carbocycles. The summed E-state index contributed by atoms with van der Waals surface area (Å²) in [4.78, 5) is 23.7. The minimum atomic E-state index is -0.488. The highest BCUT2D eigenvalue weighted by Crippen LogP contribution is 2.20. The van der Waals surface area contributed by atoms with Crippen molar-refractivity contribution in [1.82, 2.24) is 10.2 Å². The predicted octanol–water partition coefficient (Wildman–Crippen LogP) is 2.03. The third-order valence-corrected chi connectivity index (χ3v) is 3.62. The number of amides is 1. The average molecular weight is 293 g/mol. The summed E-state index contributed by atoms with van der Waals surface area (Å²) in [5.41, 5.74) is -0.0253. The molecule has 0 spiro atoms. The molecule has 1 aromatic rings. The standard InChI is InChI=1S/C14H19N3O4/c1-15-10-11-6-8-16(9-7-11)14(18)21-13-4-2-12(3-5-13)17(19)20/h2-5,11,15H,6-10H2,1H3. The summed E-state index contributed by atoms with van der Waals surface area (Å²) in [6.45, 7) is 2.32. The molecular weight excluding hydrogens is 274 g/mol. The van der Waals surface area contributed by atoms with Crippen molar-refractivity contribution in [1.29, 1.82) is 0 Å². The van der Waals surface area contributed by atoms with Crippen LogP contribution in [0.1, 0.15) is 12.8 Å². The van der Waals surface area contributed by atoms with E-state index in [-0.39, 0.29) is 5.69 Å². The molecule has 0 saturated carbocycles. The van der Waals surface area contributed by atoms with Gasteiger partial charge in [0.05, 0.1) is 4.92 Å². The van der Waals surface area contributed by atoms with Crippen LogP contribution in [0.4, 0.5) is 10.5 Å². The molecule has 1 aliphatic heterocycles. The Morgan fingerprint density at radius 2 is 2.00 bits per heavy atom. The lowest BCUT2D eigenvalue weighted by Gasteiger charge is -2.31. The van der Waals surface area contributed by atoms with Crippen molar-refractivity contribution >= 4 is 11.8 Å². The third kappa shape index (κ3) is 4.16. The molecule has 0 radical (unpaired) electrons. The second kappa shape index (κ2) is 7.03. The molecule has 114 valence electrons. The highest BCUT2D eigenvalue weighted by atomic mass is 16.6. The number of nitrogens with one attached hydrogen (secondary N) is 1. The highest BCUT2D eigenvalue weighted by molar-refractivity contribution is 5.70. The van der Waals surface area contributed by atoms with Gasteiger partial charge in [0.1, 0.15) is 5.75 Å². The van der Waals surface area contributed by atoms with Crippen LogP contribution in [0.5, 0.6) is 5.75 Å². The van der Waals surface area contributed by atoms with Crippen LogP contribution >= 0.6 is 0 Å². The minimum Gasteiger partial charge on any atom is -0.410 e. The third-order valence-electron chi connectivity index (χ3n) is 3.62. The van der Waals surface area contributed by atoms with E-state index in [1.54, 1.807) is 4.90 Å². The number of hydrogen-bond donors (Lipinski definition) is 1. The molecule has 1 amide bonds. The zero-order valence-electron chi connectivity index (χ0n) is 11.9. The lowest BCUT2D eigenvalue weighted by molar-refractivity contribution is -0.384. The Labute approximate surface area is 123 Å². The van der Waals surface area contributed by atoms with E-state index < -0.39 is 11.0 Å². The summed E-state index contributed by atoms with van der Waals surface area (Å²) >= 11 is 0. The topological polar surface area (TPSA) is 84.7 Å². The second-order valence-electron chi connectivity index (χ2n) is 5.11. The zero-order chi connectivity index (χ0) is 15.2. The summed E-state index contributed by atoms with van der Waals surface area (Å²) in [6, 6.07) is 5.51. The van der Waals surface area contributed by atoms with Gasteiger partial charge in [0.25, 0.3) is 5.69 Å². The molecule has 0 unspecified atom stereocenters. The van der Waals surface area contributed by atoms with Crippen molar-refractivity contribution in [2.45, 2.75) is 12.8 Å². The minimum absolute atomic E-state index is 0.0253. The summed E-state index contributed by atoms with van der Waals surface area (Å²) < 4.78 is 5.23. The molecule has 21 heavy (non-hydrogen) atoms. The zero-order valence-corrected chi connectivity index (χ0v) is 11.9. The number of ether oxygens (including phenoxy) is 1. The van der Waals surface area contributed by atoms with Crippen LogP contribution in [0.2, 0.25) is 0 Å². The Bertz CT molecular complexity index is 495. The maximum Gasteiger partial charge on any atom is 0.415 e. The largest absolute Gasteiger partial charge is 0.415 e. The van der Waals surface area contributed by atoms with Crippen LogP contribution in [0.3, 0.4) is 0 Å². The van der Waals surface area contributed by atoms with Gasteiger partial charge in [-0.1, -0.05) is 0 Å². The van der Waals surface area contributed by atoms with E-state index in [9.17, 15) is 14.9 Å². The molecule has 0 aliphatic carbocycles. The molecular formula is C14H19N3O4. The number of likely N-dealkylation sites (tertiary alicyclic amines) is 1. The van der Waals surface area contributed by atoms with Crippen LogP contribution in [0, 0.1) is 16.0 Å². The van der Waals surface area contributed by atoms with Gasteiger partial charge in [0.2, 0.25) is 0 Å². The number of hydrogen-bond acceptors (Lipinski definition) is 5. The normalized spacial score (nSPS) is 15.8. The van der Waals surface area contributed by atoms with Crippen LogP contribution in [-0.2, 0) is 0 Å². The monoisotopic (exact) mass is 293 g/mol. The number of carbonyl (C=O) groups excluding carboxylic acids is 1. The van der Waals surface area contributed by atoms with Crippen molar-refractivity contribution in [3.63, 3.8) is 0 Å². The molecule has 1 aliphatic rings. The van der Waals surface area contributed by atoms with Crippen molar-refractivity contribution in [3.05, 3.63) is 34.4 Å². The predicted molar refractivity (Wildman–Crippen MR) is 77.3 cm³/mol. The van der Waals surface area contributed by atoms with E-state index in [4.69, 9.17) is 4.74 Å². The summed E-state index contributed by atoms with van der Waals surface area (Å²) in [6.07, 6.45) is 1.51. The lowest BCUT2D eigenvalue weighted by atomic mass is 9.97. The van der Waals surface area contributed by atoms with E-state index in [1.165, 1.54) is 24.3 Å². The first-order valence-corrected chi connectivity index (χ1v) is 6.96. The Kier molecular flexibility index (Phi) is 5.10. The molecule has 1 heterocycles. The molecule has 0 atom stereocenters. The fourth-order valence-electron chi connectivity index (χ4n) is 2.41. The maximum atomic E-state index is 12.0. The summed E-state index contributed by atoms with van der Waals surface area (Å²) in [7, 11) is 1.93. The fourth-order valence-corrected chi connectivity index (χ4v) is 2.41. The second-order valence-corrected chi connectivity index (χ2v) is 5.11. The van der Waals surface area contributed by atoms with E-state index >= 15 is 0 Å². The highest BCUT2D eigenvalue weighted by Gasteiger charge is 2.23. The summed E-state index contributed by atoms with van der Waals surface area (Å²) in [5.74, 6) is 0.918. The van der Waals surface area contributed by atoms with Crippen LogP contribution in [0.15, 0.2) is 24.3 Å². The van der Waals surface area contributed by atoms with Gasteiger partial charge in [0.15, 0.2) is 0 Å². The smallest absolute Gasteiger partial charge is 0.410 e. The molecule has 0 bridgehead atoms. The maximum absolute atomic E-state index is 12.0. The Hall–Kier alpha value is -2.15. The molecule has 1 N–H and O–H groups in total. The van der Waals surface area contributed by atoms with E-state index in [1.807, 2.05) is 7.05 Å². The Morgan fingerprint density at radius 3 is 2.52 bits per heavy atom. The first kappa shape index (κ1) is 15.2. The Balaban J connectivity index is 1.86. The number of benzene rings is 1. The number of non-ortho nitro benzene ring substituents is 1. The fraction of sp³-hybridized carbons (Fsp3) is 0.500. The van der Waals surface area contributed by atoms with E-state index in [0.717, 1.165) is 19.4 Å². The van der Waals surface area contributed by atoms with Crippen LogP contribution in [0.25, 0.3) is 0 Å². The van der Waals surface area contributed by atoms with Gasteiger partial charge >= 0.3 is 6.09 Å². The van der Waals surface area contributed by atoms with Gasteiger partial charge < -0.3 is 15.0 Å². The van der Waals surface area contributed by atoms with Crippen LogP contribution < -0.4 is 10.1 Å². The van der Waals surface area contributed by atoms with Gasteiger partial charge in [0, 0.05) is 25.2 Å². The van der Waals surface area contributed by atoms with Crippen molar-refractivity contribution < 1.29 is 14.5 Å². The number of nitrogens with zero attached hydrogens (tertiary/aromatic N) is 2. The number of nitro groups is 1. The van der Waals surface area contributed by atoms with E-state index in [2.05, 4.69) is 5.32 Å². The van der Waals surface area contributed by atoms with Crippen molar-refractivity contribution in [2.75, 3.05) is 26.7 Å². The van der Waals surface area contributed by atoms with Crippen molar-refractivity contribution in [2.24, 2.45) is 5.92 Å². The molecule has 7 nitrogen and oxygen atoms in total. The Morgan fingerprint density at radius 1 is 1.38 bits per heavy atom. The number of piperidine rings is 1. The molecule has 0 aromatic heterocycles. The molecule has 1 saturated heterocycles. The number of rotatable bonds is 4. The van der Waals surface area contributed by atoms with E-state index in [0.29, 0.717) is 24.8 Å². The van der Waals surface area contributed by atoms with Gasteiger partial charge in [-0.05, 0) is 44.5 Å². The van der Waals surface area contributed by atoms with Crippen LogP contribution in [-0.4, -0.2) is 42.6 Å². The quantitative estimate of drug-likeness (QED) is 0.678. The molecule has 7 heteroatoms. The molecule has 1 fully saturated rings. The number of nitro benzene ring substituents is 1. The number of carbonyl (C=O) groups is 1. The first-order valence-electron chi connectivity index (χ1n) is 6.96.